The molecule has 0 N–H and O–H groups in total. The van der Waals surface area contributed by atoms with Crippen molar-refractivity contribution in [3.05, 3.63) is 143 Å². The van der Waals surface area contributed by atoms with Gasteiger partial charge in [0.05, 0.1) is 0 Å². The van der Waals surface area contributed by atoms with Gasteiger partial charge in [-0.05, 0) is 107 Å². The fourth-order valence-electron chi connectivity index (χ4n) is 8.12. The molecule has 3 aliphatic carbocycles. The van der Waals surface area contributed by atoms with Crippen LogP contribution in [0.5, 0.6) is 0 Å². The van der Waals surface area contributed by atoms with Crippen LogP contribution in [-0.4, -0.2) is 0 Å². The first kappa shape index (κ1) is 24.0. The van der Waals surface area contributed by atoms with Gasteiger partial charge in [0.1, 0.15) is 0 Å². The molecule has 0 fully saturated rings. The van der Waals surface area contributed by atoms with Crippen molar-refractivity contribution in [3.8, 4) is 44.5 Å². The third kappa shape index (κ3) is 3.02. The van der Waals surface area contributed by atoms with Crippen LogP contribution in [0.15, 0.2) is 109 Å². The van der Waals surface area contributed by atoms with E-state index in [9.17, 15) is 0 Å². The molecule has 0 nitrogen and oxygen atoms in total. The van der Waals surface area contributed by atoms with Gasteiger partial charge in [-0.15, -0.1) is 0 Å². The molecule has 0 saturated heterocycles. The minimum atomic E-state index is -0.0491. The topological polar surface area (TPSA) is 0 Å². The molecule has 3 aliphatic rings. The fraction of sp³-hybridized carbons (Fsp3) is 0.143. The van der Waals surface area contributed by atoms with Crippen molar-refractivity contribution in [1.82, 2.24) is 0 Å². The molecule has 0 heterocycles. The van der Waals surface area contributed by atoms with Crippen LogP contribution >= 0.6 is 0 Å². The van der Waals surface area contributed by atoms with Gasteiger partial charge in [0, 0.05) is 10.8 Å². The average molecular weight is 537 g/mol. The van der Waals surface area contributed by atoms with E-state index < -0.39 is 0 Å². The van der Waals surface area contributed by atoms with Gasteiger partial charge in [-0.25, -0.2) is 0 Å². The zero-order valence-corrected chi connectivity index (χ0v) is 24.5. The summed E-state index contributed by atoms with van der Waals surface area (Å²) in [5.41, 5.74) is 19.0. The Morgan fingerprint density at radius 2 is 0.976 bits per heavy atom. The maximum absolute atomic E-state index is 2.44. The molecule has 200 valence electrons. The molecule has 9 rings (SSSR count). The molecule has 6 aromatic carbocycles. The number of rotatable bonds is 2. The number of hydrogen-bond donors (Lipinski definition) is 0. The molecular weight excluding hydrogens is 504 g/mol. The number of hydrogen-bond acceptors (Lipinski definition) is 0. The normalized spacial score (nSPS) is 15.9. The Balaban J connectivity index is 1.10. The minimum absolute atomic E-state index is 0.0131. The summed E-state index contributed by atoms with van der Waals surface area (Å²) in [6.07, 6.45) is 4.54. The van der Waals surface area contributed by atoms with E-state index in [-0.39, 0.29) is 10.8 Å². The maximum Gasteiger partial charge on any atom is 0.0159 e. The Bertz CT molecular complexity index is 2170. The van der Waals surface area contributed by atoms with Crippen LogP contribution in [0.1, 0.15) is 61.1 Å². The minimum Gasteiger partial charge on any atom is -0.0619 e. The van der Waals surface area contributed by atoms with E-state index in [1.54, 1.807) is 0 Å². The molecule has 0 heteroatoms. The molecule has 0 atom stereocenters. The molecular formula is C42H32. The highest BCUT2D eigenvalue weighted by atomic mass is 14.4. The SMILES string of the molecule is CC1(C)c2ccccc2-c2ccc(-c3ccc(-c4ccc5c(c4)C(C)(C)c4cc6c7c(cccc7c4-5)C=C6)cc3)cc21. The van der Waals surface area contributed by atoms with E-state index >= 15 is 0 Å². The molecule has 0 bridgehead atoms. The largest absolute Gasteiger partial charge is 0.0619 e. The van der Waals surface area contributed by atoms with Gasteiger partial charge >= 0.3 is 0 Å². The lowest BCUT2D eigenvalue weighted by molar-refractivity contribution is 0.660. The van der Waals surface area contributed by atoms with Crippen LogP contribution in [0.4, 0.5) is 0 Å². The van der Waals surface area contributed by atoms with Crippen LogP contribution in [-0.2, 0) is 10.8 Å². The molecule has 0 unspecified atom stereocenters. The molecule has 42 heavy (non-hydrogen) atoms. The van der Waals surface area contributed by atoms with Crippen LogP contribution in [0.2, 0.25) is 0 Å². The first-order chi connectivity index (χ1) is 20.3. The Kier molecular flexibility index (Phi) is 4.56. The van der Waals surface area contributed by atoms with Gasteiger partial charge in [-0.3, -0.25) is 0 Å². The summed E-state index contributed by atoms with van der Waals surface area (Å²) in [6, 6.07) is 41.4. The predicted octanol–water partition coefficient (Wildman–Crippen LogP) is 11.3. The Morgan fingerprint density at radius 3 is 1.71 bits per heavy atom. The standard InChI is InChI=1S/C42H32/c1-41(2)35-11-6-5-9-31(35)32-20-18-28(22-36(32)41)25-12-14-26(15-13-25)29-19-21-33-37(23-29)42(3,4)38-24-30-17-16-27-8-7-10-34(39(27)30)40(33)38/h5-24H,1-4H3. The van der Waals surface area contributed by atoms with Crippen molar-refractivity contribution < 1.29 is 0 Å². The van der Waals surface area contributed by atoms with Gasteiger partial charge in [-0.2, -0.15) is 0 Å². The van der Waals surface area contributed by atoms with Gasteiger partial charge in [0.25, 0.3) is 0 Å². The molecule has 6 aromatic rings. The predicted molar refractivity (Wildman–Crippen MR) is 179 cm³/mol. The summed E-state index contributed by atoms with van der Waals surface area (Å²) in [5.74, 6) is 0. The summed E-state index contributed by atoms with van der Waals surface area (Å²) in [5, 5.41) is 2.79. The zero-order chi connectivity index (χ0) is 28.4. The highest BCUT2D eigenvalue weighted by molar-refractivity contribution is 6.13. The molecule has 0 saturated carbocycles. The first-order valence-electron chi connectivity index (χ1n) is 15.1. The van der Waals surface area contributed by atoms with Crippen molar-refractivity contribution in [2.45, 2.75) is 38.5 Å². The summed E-state index contributed by atoms with van der Waals surface area (Å²) in [6.45, 7) is 9.48. The fourth-order valence-corrected chi connectivity index (χ4v) is 8.12. The van der Waals surface area contributed by atoms with E-state index in [1.807, 2.05) is 0 Å². The Labute approximate surface area is 248 Å². The van der Waals surface area contributed by atoms with Crippen molar-refractivity contribution in [2.24, 2.45) is 0 Å². The van der Waals surface area contributed by atoms with E-state index in [0.717, 1.165) is 0 Å². The van der Waals surface area contributed by atoms with Crippen LogP contribution in [0.25, 0.3) is 67.4 Å². The van der Waals surface area contributed by atoms with Crippen LogP contribution < -0.4 is 0 Å². The number of benzene rings is 6. The maximum atomic E-state index is 2.44. The van der Waals surface area contributed by atoms with Crippen LogP contribution in [0.3, 0.4) is 0 Å². The Morgan fingerprint density at radius 1 is 0.405 bits per heavy atom. The quantitative estimate of drug-likeness (QED) is 0.206. The van der Waals surface area contributed by atoms with Crippen molar-refractivity contribution in [2.75, 3.05) is 0 Å². The van der Waals surface area contributed by atoms with E-state index in [4.69, 9.17) is 0 Å². The lowest BCUT2D eigenvalue weighted by Crippen LogP contribution is -2.15. The van der Waals surface area contributed by atoms with Gasteiger partial charge < -0.3 is 0 Å². The van der Waals surface area contributed by atoms with Crippen molar-refractivity contribution in [3.63, 3.8) is 0 Å². The highest BCUT2D eigenvalue weighted by Gasteiger charge is 2.38. The van der Waals surface area contributed by atoms with Crippen molar-refractivity contribution in [1.29, 1.82) is 0 Å². The van der Waals surface area contributed by atoms with E-state index in [2.05, 4.69) is 149 Å². The molecule has 0 radical (unpaired) electrons. The summed E-state index contributed by atoms with van der Waals surface area (Å²) < 4.78 is 0. The molecule has 0 spiro atoms. The molecule has 0 aromatic heterocycles. The second-order valence-electron chi connectivity index (χ2n) is 13.4. The molecule has 0 amide bonds. The van der Waals surface area contributed by atoms with Gasteiger partial charge in [-0.1, -0.05) is 131 Å². The zero-order valence-electron chi connectivity index (χ0n) is 24.5. The summed E-state index contributed by atoms with van der Waals surface area (Å²) >= 11 is 0. The van der Waals surface area contributed by atoms with E-state index in [1.165, 1.54) is 88.7 Å². The summed E-state index contributed by atoms with van der Waals surface area (Å²) in [4.78, 5) is 0. The third-order valence-corrected chi connectivity index (χ3v) is 10.4. The Hall–Kier alpha value is -4.68. The number of fused-ring (bicyclic) bond motifs is 7. The second kappa shape index (κ2) is 7.99. The van der Waals surface area contributed by atoms with Crippen LogP contribution in [0, 0.1) is 0 Å². The van der Waals surface area contributed by atoms with Gasteiger partial charge in [0.15, 0.2) is 0 Å². The lowest BCUT2D eigenvalue weighted by Gasteiger charge is -2.23. The monoisotopic (exact) mass is 536 g/mol. The smallest absolute Gasteiger partial charge is 0.0159 e. The van der Waals surface area contributed by atoms with Gasteiger partial charge in [0.2, 0.25) is 0 Å². The lowest BCUT2D eigenvalue weighted by atomic mass is 9.80. The molecule has 0 aliphatic heterocycles. The summed E-state index contributed by atoms with van der Waals surface area (Å²) in [7, 11) is 0. The first-order valence-corrected chi connectivity index (χ1v) is 15.1. The average Bonchev–Trinajstić information content (AvgIpc) is 3.61. The van der Waals surface area contributed by atoms with Crippen molar-refractivity contribution >= 4 is 22.9 Å². The van der Waals surface area contributed by atoms with E-state index in [0.29, 0.717) is 0 Å². The second-order valence-corrected chi connectivity index (χ2v) is 13.4. The third-order valence-electron chi connectivity index (χ3n) is 10.4. The highest BCUT2D eigenvalue weighted by Crippen LogP contribution is 2.54.